The summed E-state index contributed by atoms with van der Waals surface area (Å²) in [5.74, 6) is -0.182. The molecule has 0 aliphatic rings. The number of hydrogen-bond donors (Lipinski definition) is 0. The Morgan fingerprint density at radius 2 is 1.77 bits per heavy atom. The van der Waals surface area contributed by atoms with Crippen molar-refractivity contribution in [2.75, 3.05) is 6.61 Å². The summed E-state index contributed by atoms with van der Waals surface area (Å²) in [5.41, 5.74) is 0.251. The van der Waals surface area contributed by atoms with Gasteiger partial charge in [0.25, 0.3) is 0 Å². The van der Waals surface area contributed by atoms with Gasteiger partial charge in [-0.1, -0.05) is 6.92 Å². The highest BCUT2D eigenvalue weighted by Crippen LogP contribution is 2.28. The molecule has 162 valence electrons. The fraction of sp³-hybridized carbons (Fsp3) is 0.261. The molecule has 1 atom stereocenters. The highest BCUT2D eigenvalue weighted by atomic mass is 35.5. The van der Waals surface area contributed by atoms with Gasteiger partial charge in [-0.2, -0.15) is 0 Å². The largest absolute Gasteiger partial charge is 0.462 e. The topological polar surface area (TPSA) is 92.0 Å². The van der Waals surface area contributed by atoms with Gasteiger partial charge in [0, 0.05) is 6.07 Å². The van der Waals surface area contributed by atoms with Crippen molar-refractivity contribution in [3.05, 3.63) is 64.0 Å². The van der Waals surface area contributed by atoms with Crippen molar-refractivity contribution in [2.45, 2.75) is 32.6 Å². The molecule has 7 nitrogen and oxygen atoms in total. The quantitative estimate of drug-likeness (QED) is 0.288. The van der Waals surface area contributed by atoms with Gasteiger partial charge in [0.1, 0.15) is 28.2 Å². The van der Waals surface area contributed by atoms with E-state index in [1.165, 1.54) is 25.1 Å². The van der Waals surface area contributed by atoms with Gasteiger partial charge < -0.3 is 18.6 Å². The van der Waals surface area contributed by atoms with E-state index in [0.29, 0.717) is 17.9 Å². The third-order valence-electron chi connectivity index (χ3n) is 4.28. The summed E-state index contributed by atoms with van der Waals surface area (Å²) < 4.78 is 21.7. The molecule has 0 aliphatic heterocycles. The van der Waals surface area contributed by atoms with Gasteiger partial charge in [-0.3, -0.25) is 9.59 Å². The molecule has 31 heavy (non-hydrogen) atoms. The second-order valence-corrected chi connectivity index (χ2v) is 7.43. The molecule has 0 amide bonds. The summed E-state index contributed by atoms with van der Waals surface area (Å²) in [4.78, 5) is 36.5. The molecule has 0 N–H and O–H groups in total. The van der Waals surface area contributed by atoms with Crippen molar-refractivity contribution in [2.24, 2.45) is 0 Å². The molecule has 3 rings (SSSR count). The zero-order chi connectivity index (χ0) is 22.5. The molecule has 1 aromatic heterocycles. The van der Waals surface area contributed by atoms with Gasteiger partial charge in [-0.15, -0.1) is 11.6 Å². The van der Waals surface area contributed by atoms with Crippen LogP contribution in [0.2, 0.25) is 0 Å². The van der Waals surface area contributed by atoms with Crippen LogP contribution in [0.4, 0.5) is 0 Å². The minimum atomic E-state index is -0.805. The lowest BCUT2D eigenvalue weighted by Crippen LogP contribution is -2.17. The number of rotatable bonds is 7. The van der Waals surface area contributed by atoms with Gasteiger partial charge in [0.05, 0.1) is 17.6 Å². The van der Waals surface area contributed by atoms with Crippen LogP contribution >= 0.6 is 11.6 Å². The number of ether oxygens (including phenoxy) is 3. The monoisotopic (exact) mass is 444 g/mol. The van der Waals surface area contributed by atoms with Crippen molar-refractivity contribution >= 4 is 34.5 Å². The summed E-state index contributed by atoms with van der Waals surface area (Å²) in [6.45, 7) is 5.35. The lowest BCUT2D eigenvalue weighted by Gasteiger charge is -2.10. The number of carbonyl (C=O) groups is 2. The van der Waals surface area contributed by atoms with Gasteiger partial charge in [0.15, 0.2) is 0 Å². The molecular weight excluding hydrogens is 424 g/mol. The van der Waals surface area contributed by atoms with Gasteiger partial charge in [-0.05, 0) is 56.7 Å². The van der Waals surface area contributed by atoms with Crippen LogP contribution in [0.25, 0.3) is 11.0 Å². The second kappa shape index (κ2) is 9.66. The van der Waals surface area contributed by atoms with Gasteiger partial charge >= 0.3 is 11.9 Å². The van der Waals surface area contributed by atoms with Crippen LogP contribution in [-0.2, 0) is 9.53 Å². The smallest absolute Gasteiger partial charge is 0.338 e. The molecule has 0 aliphatic carbocycles. The van der Waals surface area contributed by atoms with Crippen LogP contribution in [0.5, 0.6) is 17.2 Å². The van der Waals surface area contributed by atoms with E-state index < -0.39 is 17.3 Å². The molecule has 0 fully saturated rings. The Balaban J connectivity index is 1.85. The maximum absolute atomic E-state index is 12.9. The number of aryl methyl sites for hydroxylation is 1. The SMILES string of the molecule is CCCOC(=O)c1ccc(Oc2c(C)oc3cc(OC(=O)C(C)Cl)ccc3c2=O)cc1. The predicted molar refractivity (Wildman–Crippen MR) is 115 cm³/mol. The molecule has 0 bridgehead atoms. The first kappa shape index (κ1) is 22.4. The molecule has 0 saturated carbocycles. The van der Waals surface area contributed by atoms with Crippen LogP contribution in [0, 0.1) is 6.92 Å². The molecule has 0 saturated heterocycles. The van der Waals surface area contributed by atoms with E-state index in [4.69, 9.17) is 30.2 Å². The maximum Gasteiger partial charge on any atom is 0.338 e. The van der Waals surface area contributed by atoms with Crippen LogP contribution in [0.1, 0.15) is 36.4 Å². The number of halogens is 1. The Bertz CT molecular complexity index is 1160. The Morgan fingerprint density at radius 1 is 1.10 bits per heavy atom. The average Bonchev–Trinajstić information content (AvgIpc) is 2.75. The Morgan fingerprint density at radius 3 is 2.42 bits per heavy atom. The molecule has 1 unspecified atom stereocenters. The minimum Gasteiger partial charge on any atom is -0.462 e. The zero-order valence-corrected chi connectivity index (χ0v) is 18.0. The van der Waals surface area contributed by atoms with E-state index >= 15 is 0 Å². The summed E-state index contributed by atoms with van der Waals surface area (Å²) in [6.07, 6.45) is 0.736. The fourth-order valence-corrected chi connectivity index (χ4v) is 2.75. The van der Waals surface area contributed by atoms with Crippen molar-refractivity contribution in [1.82, 2.24) is 0 Å². The van der Waals surface area contributed by atoms with E-state index in [2.05, 4.69) is 0 Å². The Kier molecular flexibility index (Phi) is 6.97. The van der Waals surface area contributed by atoms with Crippen molar-refractivity contribution in [3.63, 3.8) is 0 Å². The molecule has 1 heterocycles. The number of esters is 2. The Labute approximate surface area is 183 Å². The predicted octanol–water partition coefficient (Wildman–Crippen LogP) is 4.99. The van der Waals surface area contributed by atoms with Gasteiger partial charge in [-0.25, -0.2) is 4.79 Å². The number of alkyl halides is 1. The highest BCUT2D eigenvalue weighted by molar-refractivity contribution is 6.29. The maximum atomic E-state index is 12.9. The van der Waals surface area contributed by atoms with Gasteiger partial charge in [0.2, 0.25) is 11.2 Å². The second-order valence-electron chi connectivity index (χ2n) is 6.77. The molecule has 2 aromatic carbocycles. The van der Waals surface area contributed by atoms with Crippen molar-refractivity contribution in [1.29, 1.82) is 0 Å². The first-order chi connectivity index (χ1) is 14.8. The third kappa shape index (κ3) is 5.24. The van der Waals surface area contributed by atoms with Crippen LogP contribution in [0.15, 0.2) is 51.7 Å². The van der Waals surface area contributed by atoms with Crippen LogP contribution < -0.4 is 14.9 Å². The highest BCUT2D eigenvalue weighted by Gasteiger charge is 2.17. The first-order valence-electron chi connectivity index (χ1n) is 9.68. The molecule has 8 heteroatoms. The van der Waals surface area contributed by atoms with E-state index in [9.17, 15) is 14.4 Å². The Hall–Kier alpha value is -3.32. The first-order valence-corrected chi connectivity index (χ1v) is 10.1. The molecule has 3 aromatic rings. The summed E-state index contributed by atoms with van der Waals surface area (Å²) in [7, 11) is 0. The van der Waals surface area contributed by atoms with Crippen LogP contribution in [-0.4, -0.2) is 23.9 Å². The van der Waals surface area contributed by atoms with E-state index in [-0.39, 0.29) is 33.7 Å². The summed E-state index contributed by atoms with van der Waals surface area (Å²) in [5, 5.41) is -0.542. The van der Waals surface area contributed by atoms with E-state index in [1.807, 2.05) is 6.92 Å². The molecule has 0 spiro atoms. The lowest BCUT2D eigenvalue weighted by atomic mass is 10.2. The summed E-state index contributed by atoms with van der Waals surface area (Å²) >= 11 is 5.70. The molecular formula is C23H21ClO7. The van der Waals surface area contributed by atoms with E-state index in [0.717, 1.165) is 6.42 Å². The average molecular weight is 445 g/mol. The standard InChI is InChI=1S/C23H21ClO7/c1-4-11-28-23(27)15-5-7-16(8-6-15)30-21-14(3)29-19-12-17(31-22(26)13(2)24)9-10-18(19)20(21)25/h5-10,12-13H,4,11H2,1-3H3. The van der Waals surface area contributed by atoms with Crippen molar-refractivity contribution < 1.29 is 28.2 Å². The van der Waals surface area contributed by atoms with Crippen molar-refractivity contribution in [3.8, 4) is 17.2 Å². The lowest BCUT2D eigenvalue weighted by molar-refractivity contribution is -0.133. The number of carbonyl (C=O) groups excluding carboxylic acids is 2. The fourth-order valence-electron chi connectivity index (χ4n) is 2.70. The third-order valence-corrected chi connectivity index (χ3v) is 4.46. The number of hydrogen-bond acceptors (Lipinski definition) is 7. The number of fused-ring (bicyclic) bond motifs is 1. The summed E-state index contributed by atoms with van der Waals surface area (Å²) in [6, 6.07) is 10.7. The normalized spacial score (nSPS) is 11.7. The number of benzene rings is 2. The van der Waals surface area contributed by atoms with E-state index in [1.54, 1.807) is 31.2 Å². The molecule has 0 radical (unpaired) electrons. The minimum absolute atomic E-state index is 0.0212. The van der Waals surface area contributed by atoms with Crippen LogP contribution in [0.3, 0.4) is 0 Å². The zero-order valence-electron chi connectivity index (χ0n) is 17.3.